The van der Waals surface area contributed by atoms with Crippen molar-refractivity contribution in [1.29, 1.82) is 0 Å². The van der Waals surface area contributed by atoms with Crippen LogP contribution in [0.15, 0.2) is 17.0 Å². The lowest BCUT2D eigenvalue weighted by Gasteiger charge is -2.06. The van der Waals surface area contributed by atoms with E-state index in [1.165, 1.54) is 0 Å². The van der Waals surface area contributed by atoms with Crippen LogP contribution < -0.4 is 0 Å². The Morgan fingerprint density at radius 3 is 2.64 bits per heavy atom. The predicted molar refractivity (Wildman–Crippen MR) is 49.5 cm³/mol. The van der Waals surface area contributed by atoms with Crippen LogP contribution in [0.5, 0.6) is 5.75 Å². The third-order valence-corrected chi connectivity index (χ3v) is 2.38. The van der Waals surface area contributed by atoms with E-state index in [-0.39, 0.29) is 0 Å². The smallest absolute Gasteiger partial charge is 0.132 e. The Hall–Kier alpha value is -0.630. The van der Waals surface area contributed by atoms with Gasteiger partial charge in [-0.05, 0) is 24.5 Å². The number of phenols is 1. The van der Waals surface area contributed by atoms with Crippen molar-refractivity contribution in [3.63, 3.8) is 0 Å². The van der Waals surface area contributed by atoms with E-state index >= 15 is 0 Å². The first kappa shape index (κ1) is 8.47. The number of benzene rings is 1. The van der Waals surface area contributed by atoms with E-state index in [0.29, 0.717) is 10.6 Å². The van der Waals surface area contributed by atoms with Gasteiger partial charge in [-0.1, -0.05) is 19.1 Å². The Labute approximate surface area is 72.5 Å². The molecule has 0 fully saturated rings. The predicted octanol–water partition coefficient (Wildman–Crippen LogP) is 2.55. The summed E-state index contributed by atoms with van der Waals surface area (Å²) >= 11 is 4.18. The van der Waals surface area contributed by atoms with E-state index in [2.05, 4.69) is 12.6 Å². The molecule has 0 amide bonds. The van der Waals surface area contributed by atoms with Gasteiger partial charge in [0.2, 0.25) is 0 Å². The lowest BCUT2D eigenvalue weighted by Crippen LogP contribution is -1.85. The zero-order chi connectivity index (χ0) is 8.43. The van der Waals surface area contributed by atoms with Gasteiger partial charge in [-0.25, -0.2) is 0 Å². The molecule has 0 spiro atoms. The summed E-state index contributed by atoms with van der Waals surface area (Å²) in [5.41, 5.74) is 1.98. The molecule has 0 saturated carbocycles. The van der Waals surface area contributed by atoms with Crippen LogP contribution in [0.4, 0.5) is 0 Å². The monoisotopic (exact) mass is 168 g/mol. The first-order valence-electron chi connectivity index (χ1n) is 3.67. The second-order valence-electron chi connectivity index (χ2n) is 2.59. The lowest BCUT2D eigenvalue weighted by atomic mass is 10.1. The molecule has 1 aromatic carbocycles. The maximum atomic E-state index is 9.50. The zero-order valence-corrected chi connectivity index (χ0v) is 7.65. The van der Waals surface area contributed by atoms with Crippen molar-refractivity contribution in [2.24, 2.45) is 0 Å². The van der Waals surface area contributed by atoms with Gasteiger partial charge in [-0.2, -0.15) is 0 Å². The standard InChI is InChI=1S/C9H12OS/c1-3-7-5-4-6(2)9(11)8(7)10/h4-5,10-11H,3H2,1-2H3. The third kappa shape index (κ3) is 1.51. The van der Waals surface area contributed by atoms with Gasteiger partial charge in [-0.3, -0.25) is 0 Å². The molecule has 0 heterocycles. The van der Waals surface area contributed by atoms with Crippen LogP contribution in [0, 0.1) is 6.92 Å². The molecule has 11 heavy (non-hydrogen) atoms. The molecule has 0 atom stereocenters. The van der Waals surface area contributed by atoms with Crippen molar-refractivity contribution in [3.8, 4) is 5.75 Å². The molecule has 1 nitrogen and oxygen atoms in total. The van der Waals surface area contributed by atoms with Gasteiger partial charge in [0.25, 0.3) is 0 Å². The number of thiol groups is 1. The number of rotatable bonds is 1. The van der Waals surface area contributed by atoms with E-state index in [1.807, 2.05) is 26.0 Å². The minimum Gasteiger partial charge on any atom is -0.506 e. The minimum absolute atomic E-state index is 0.329. The number of aromatic hydroxyl groups is 1. The van der Waals surface area contributed by atoms with Crippen molar-refractivity contribution in [3.05, 3.63) is 23.3 Å². The van der Waals surface area contributed by atoms with Gasteiger partial charge >= 0.3 is 0 Å². The average Bonchev–Trinajstić information content (AvgIpc) is 2.01. The van der Waals surface area contributed by atoms with Crippen LogP contribution in [0.2, 0.25) is 0 Å². The summed E-state index contributed by atoms with van der Waals surface area (Å²) in [4.78, 5) is 0.698. The fourth-order valence-corrected chi connectivity index (χ4v) is 1.23. The van der Waals surface area contributed by atoms with Gasteiger partial charge < -0.3 is 5.11 Å². The van der Waals surface area contributed by atoms with Gasteiger partial charge in [0.05, 0.1) is 0 Å². The average molecular weight is 168 g/mol. The lowest BCUT2D eigenvalue weighted by molar-refractivity contribution is 0.455. The van der Waals surface area contributed by atoms with E-state index in [9.17, 15) is 5.11 Å². The SMILES string of the molecule is CCc1ccc(C)c(S)c1O. The van der Waals surface area contributed by atoms with E-state index in [0.717, 1.165) is 17.5 Å². The summed E-state index contributed by atoms with van der Waals surface area (Å²) in [5.74, 6) is 0.329. The second kappa shape index (κ2) is 3.18. The first-order chi connectivity index (χ1) is 5.16. The van der Waals surface area contributed by atoms with Gasteiger partial charge in [-0.15, -0.1) is 12.6 Å². The van der Waals surface area contributed by atoms with Crippen LogP contribution in [-0.2, 0) is 6.42 Å². The Kier molecular flexibility index (Phi) is 2.45. The van der Waals surface area contributed by atoms with Crippen LogP contribution in [-0.4, -0.2) is 5.11 Å². The third-order valence-electron chi connectivity index (χ3n) is 1.82. The molecule has 1 N–H and O–H groups in total. The molecule has 0 aromatic heterocycles. The van der Waals surface area contributed by atoms with Crippen LogP contribution in [0.25, 0.3) is 0 Å². The summed E-state index contributed by atoms with van der Waals surface area (Å²) in [7, 11) is 0. The summed E-state index contributed by atoms with van der Waals surface area (Å²) in [6, 6.07) is 3.91. The number of hydrogen-bond acceptors (Lipinski definition) is 2. The quantitative estimate of drug-likeness (QED) is 0.617. The van der Waals surface area contributed by atoms with Crippen LogP contribution >= 0.6 is 12.6 Å². The molecular formula is C9H12OS. The molecule has 2 heteroatoms. The summed E-state index contributed by atoms with van der Waals surface area (Å²) in [6.07, 6.45) is 0.847. The van der Waals surface area contributed by atoms with Gasteiger partial charge in [0, 0.05) is 4.90 Å². The topological polar surface area (TPSA) is 20.2 Å². The van der Waals surface area contributed by atoms with E-state index < -0.39 is 0 Å². The Bertz CT molecular complexity index is 269. The highest BCUT2D eigenvalue weighted by Gasteiger charge is 2.04. The highest BCUT2D eigenvalue weighted by atomic mass is 32.1. The molecule has 0 radical (unpaired) electrons. The largest absolute Gasteiger partial charge is 0.506 e. The molecule has 0 unspecified atom stereocenters. The van der Waals surface area contributed by atoms with Crippen molar-refractivity contribution in [2.45, 2.75) is 25.2 Å². The maximum absolute atomic E-state index is 9.50. The molecule has 60 valence electrons. The van der Waals surface area contributed by atoms with E-state index in [1.54, 1.807) is 0 Å². The Balaban J connectivity index is 3.25. The summed E-state index contributed by atoms with van der Waals surface area (Å²) in [5, 5.41) is 9.50. The fraction of sp³-hybridized carbons (Fsp3) is 0.333. The Morgan fingerprint density at radius 2 is 2.09 bits per heavy atom. The first-order valence-corrected chi connectivity index (χ1v) is 4.12. The maximum Gasteiger partial charge on any atom is 0.132 e. The highest BCUT2D eigenvalue weighted by Crippen LogP contribution is 2.28. The molecule has 1 aromatic rings. The molecule has 0 aliphatic rings. The van der Waals surface area contributed by atoms with Gasteiger partial charge in [0.1, 0.15) is 5.75 Å². The normalized spacial score (nSPS) is 10.1. The molecule has 1 rings (SSSR count). The molecular weight excluding hydrogens is 156 g/mol. The van der Waals surface area contributed by atoms with Crippen molar-refractivity contribution in [2.75, 3.05) is 0 Å². The minimum atomic E-state index is 0.329. The van der Waals surface area contributed by atoms with Crippen molar-refractivity contribution >= 4 is 12.6 Å². The molecule has 0 aliphatic heterocycles. The number of hydrogen-bond donors (Lipinski definition) is 2. The fourth-order valence-electron chi connectivity index (χ4n) is 1.01. The second-order valence-corrected chi connectivity index (χ2v) is 3.04. The van der Waals surface area contributed by atoms with Crippen molar-refractivity contribution in [1.82, 2.24) is 0 Å². The van der Waals surface area contributed by atoms with Crippen LogP contribution in [0.3, 0.4) is 0 Å². The summed E-state index contributed by atoms with van der Waals surface area (Å²) in [6.45, 7) is 3.94. The van der Waals surface area contributed by atoms with Crippen molar-refractivity contribution < 1.29 is 5.11 Å². The van der Waals surface area contributed by atoms with E-state index in [4.69, 9.17) is 0 Å². The molecule has 0 saturated heterocycles. The Morgan fingerprint density at radius 1 is 1.45 bits per heavy atom. The van der Waals surface area contributed by atoms with Gasteiger partial charge in [0.15, 0.2) is 0 Å². The van der Waals surface area contributed by atoms with Crippen LogP contribution in [0.1, 0.15) is 18.1 Å². The number of aryl methyl sites for hydroxylation is 2. The molecule has 0 aliphatic carbocycles. The zero-order valence-electron chi connectivity index (χ0n) is 6.76. The highest BCUT2D eigenvalue weighted by molar-refractivity contribution is 7.80. The molecule has 0 bridgehead atoms. The summed E-state index contributed by atoms with van der Waals surface area (Å²) < 4.78 is 0. The number of phenolic OH excluding ortho intramolecular Hbond substituents is 1.